The van der Waals surface area contributed by atoms with Crippen LogP contribution < -0.4 is 26.5 Å². The van der Waals surface area contributed by atoms with E-state index in [1.165, 1.54) is 7.11 Å². The van der Waals surface area contributed by atoms with E-state index in [-0.39, 0.29) is 36.6 Å². The van der Waals surface area contributed by atoms with Gasteiger partial charge in [-0.25, -0.2) is 0 Å². The van der Waals surface area contributed by atoms with E-state index in [1.54, 1.807) is 6.08 Å². The van der Waals surface area contributed by atoms with E-state index in [4.69, 9.17) is 9.47 Å². The fourth-order valence-electron chi connectivity index (χ4n) is 7.53. The van der Waals surface area contributed by atoms with Crippen LogP contribution in [0.4, 0.5) is 0 Å². The van der Waals surface area contributed by atoms with Gasteiger partial charge in [-0.05, 0) is 63.5 Å². The van der Waals surface area contributed by atoms with Crippen molar-refractivity contribution in [3.05, 3.63) is 96.3 Å². The number of aliphatic hydroxyl groups excluding tert-OH is 1. The number of H-pyrrole nitrogens is 3. The first-order chi connectivity index (χ1) is 23.9. The lowest BCUT2D eigenvalue weighted by Gasteiger charge is -2.19. The average molecular weight is 677 g/mol. The van der Waals surface area contributed by atoms with Crippen LogP contribution in [0.1, 0.15) is 89.9 Å². The van der Waals surface area contributed by atoms with Crippen molar-refractivity contribution in [1.29, 1.82) is 0 Å². The summed E-state index contributed by atoms with van der Waals surface area (Å²) in [6.45, 7) is 18.0. The Morgan fingerprint density at radius 2 is 1.70 bits per heavy atom. The van der Waals surface area contributed by atoms with Gasteiger partial charge in [0.15, 0.2) is 5.78 Å². The molecule has 3 aliphatic rings. The molecule has 0 spiro atoms. The van der Waals surface area contributed by atoms with Crippen LogP contribution in [0.25, 0.3) is 42.2 Å². The van der Waals surface area contributed by atoms with Crippen molar-refractivity contribution in [3.8, 4) is 0 Å². The summed E-state index contributed by atoms with van der Waals surface area (Å²) in [5.74, 6) is -2.87. The zero-order chi connectivity index (χ0) is 36.0. The molecule has 6 rings (SSSR count). The number of rotatable bonds is 8. The molecule has 1 saturated heterocycles. The number of hydrogen-bond acceptors (Lipinski definition) is 7. The van der Waals surface area contributed by atoms with E-state index in [0.29, 0.717) is 57.2 Å². The van der Waals surface area contributed by atoms with Crippen molar-refractivity contribution in [1.82, 2.24) is 20.3 Å². The van der Waals surface area contributed by atoms with E-state index >= 15 is 0 Å². The zero-order valence-corrected chi connectivity index (χ0v) is 29.4. The third-order valence-corrected chi connectivity index (χ3v) is 10.3. The number of aliphatic hydroxyl groups is 1. The number of aromatic amines is 3. The molecule has 1 aliphatic carbocycles. The Bertz CT molecular complexity index is 2290. The minimum absolute atomic E-state index is 0.123. The van der Waals surface area contributed by atoms with Crippen LogP contribution in [0.15, 0.2) is 30.1 Å². The van der Waals surface area contributed by atoms with Crippen LogP contribution in [0.5, 0.6) is 0 Å². The highest BCUT2D eigenvalue weighted by Gasteiger charge is 2.48. The SMILES string of the molecule is C=Cc1c2[nH]c(c1C)/C=C1\N/C(=C3\c4[nH]c(c(C)c4C(=O)[C@@H]3C(=O)OC)\C=c3[nH]c(/c(=C/O)c/3=C\C)=C\2)[C@@H](CCC(=O)OCCC(=C)C)[C@@H]1C. The highest BCUT2D eigenvalue weighted by molar-refractivity contribution is 6.24. The number of nitrogens with one attached hydrogen (secondary N) is 4. The second-order valence-corrected chi connectivity index (χ2v) is 13.3. The maximum absolute atomic E-state index is 14.2. The molecule has 0 unspecified atom stereocenters. The lowest BCUT2D eigenvalue weighted by Crippen LogP contribution is -2.37. The molecule has 0 saturated carbocycles. The van der Waals surface area contributed by atoms with Crippen molar-refractivity contribution in [3.63, 3.8) is 0 Å². The first-order valence-corrected chi connectivity index (χ1v) is 16.9. The molecular formula is C40H44N4O6. The van der Waals surface area contributed by atoms with Crippen LogP contribution in [0.3, 0.4) is 0 Å². The molecule has 3 atom stereocenters. The Hall–Kier alpha value is -5.51. The predicted molar refractivity (Wildman–Crippen MR) is 195 cm³/mol. The fraction of sp³-hybridized carbons (Fsp3) is 0.325. The van der Waals surface area contributed by atoms with Gasteiger partial charge in [0.1, 0.15) is 5.92 Å². The van der Waals surface area contributed by atoms with Crippen molar-refractivity contribution in [2.45, 2.75) is 53.9 Å². The van der Waals surface area contributed by atoms with Crippen LogP contribution in [0.2, 0.25) is 0 Å². The number of carbonyl (C=O) groups is 3. The maximum Gasteiger partial charge on any atom is 0.321 e. The molecule has 5 heterocycles. The third kappa shape index (κ3) is 5.68. The van der Waals surface area contributed by atoms with E-state index in [1.807, 2.05) is 52.0 Å². The third-order valence-electron chi connectivity index (χ3n) is 10.3. The number of ether oxygens (including phenoxy) is 2. The first kappa shape index (κ1) is 34.4. The maximum atomic E-state index is 14.2. The Kier molecular flexibility index (Phi) is 9.22. The number of allylic oxidation sites excluding steroid dienone is 2. The monoisotopic (exact) mass is 676 g/mol. The van der Waals surface area contributed by atoms with Crippen LogP contribution in [0, 0.1) is 31.6 Å². The Labute approximate surface area is 290 Å². The van der Waals surface area contributed by atoms with Crippen LogP contribution >= 0.6 is 0 Å². The van der Waals surface area contributed by atoms with E-state index in [2.05, 4.69) is 40.4 Å². The molecule has 2 aliphatic heterocycles. The first-order valence-electron chi connectivity index (χ1n) is 16.9. The molecule has 260 valence electrons. The zero-order valence-electron chi connectivity index (χ0n) is 29.4. The molecule has 3 aromatic heterocycles. The topological polar surface area (TPSA) is 149 Å². The summed E-state index contributed by atoms with van der Waals surface area (Å²) in [6.07, 6.45) is 11.9. The smallest absolute Gasteiger partial charge is 0.321 e. The van der Waals surface area contributed by atoms with Gasteiger partial charge in [-0.1, -0.05) is 31.2 Å². The predicted octanol–water partition coefficient (Wildman–Crippen LogP) is 3.88. The highest BCUT2D eigenvalue weighted by Crippen LogP contribution is 2.48. The van der Waals surface area contributed by atoms with Gasteiger partial charge in [0.05, 0.1) is 31.0 Å². The van der Waals surface area contributed by atoms with Gasteiger partial charge in [-0.15, -0.1) is 6.58 Å². The molecule has 3 aromatic rings. The number of aromatic nitrogens is 3. The summed E-state index contributed by atoms with van der Waals surface area (Å²) in [4.78, 5) is 51.0. The molecule has 10 heteroatoms. The van der Waals surface area contributed by atoms with E-state index in [9.17, 15) is 19.5 Å². The number of Topliss-reactive ketones (excluding diaryl/α,β-unsaturated/α-hetero) is 1. The number of methoxy groups -OCH3 is 1. The average Bonchev–Trinajstić information content (AvgIpc) is 3.83. The molecule has 5 N–H and O–H groups in total. The number of esters is 2. The minimum Gasteiger partial charge on any atom is -0.515 e. The lowest BCUT2D eigenvalue weighted by atomic mass is 9.85. The number of carbonyl (C=O) groups excluding carboxylic acids is 3. The molecule has 0 amide bonds. The fourth-order valence-corrected chi connectivity index (χ4v) is 7.53. The summed E-state index contributed by atoms with van der Waals surface area (Å²) >= 11 is 0. The van der Waals surface area contributed by atoms with Gasteiger partial charge in [0, 0.05) is 85.6 Å². The molecule has 0 radical (unpaired) electrons. The quantitative estimate of drug-likeness (QED) is 0.138. The number of ketones is 1. The van der Waals surface area contributed by atoms with Gasteiger partial charge >= 0.3 is 11.9 Å². The van der Waals surface area contributed by atoms with Gasteiger partial charge in [0.25, 0.3) is 0 Å². The molecule has 10 nitrogen and oxygen atoms in total. The molecular weight excluding hydrogens is 632 g/mol. The minimum atomic E-state index is -1.18. The van der Waals surface area contributed by atoms with Crippen LogP contribution in [-0.2, 0) is 19.1 Å². The Morgan fingerprint density at radius 3 is 2.36 bits per heavy atom. The standard InChI is InChI=1S/C40H44N4O6/c1-9-23-20(5)27-15-28-21(6)25(11-12-33(46)50-14-13-19(3)4)37(43-28)35-36(40(48)49-8)39(47)34-22(7)29(44-38(34)35)16-31-24(10-2)26(18-45)32(42-31)17-30(23)41-27/h9-10,15-18,21,25,36,41-45H,1,3,11-14H2,2,4-8H3/b24-10+,26-18+,28-15-,31-16-,32-17-,37-35-/t21-,25-,36+/m0/s1. The normalized spacial score (nSPS) is 23.8. The second kappa shape index (κ2) is 13.4. The van der Waals surface area contributed by atoms with Gasteiger partial charge in [0.2, 0.25) is 0 Å². The highest BCUT2D eigenvalue weighted by atomic mass is 16.5. The van der Waals surface area contributed by atoms with Crippen LogP contribution in [-0.4, -0.2) is 51.5 Å². The van der Waals surface area contributed by atoms with Gasteiger partial charge in [-0.2, -0.15) is 0 Å². The summed E-state index contributed by atoms with van der Waals surface area (Å²) in [5, 5.41) is 16.8. The number of fused-ring (bicyclic) bond motifs is 7. The van der Waals surface area contributed by atoms with Gasteiger partial charge in [-0.3, -0.25) is 14.4 Å². The Balaban J connectivity index is 1.64. The van der Waals surface area contributed by atoms with Crippen molar-refractivity contribution < 1.29 is 29.0 Å². The summed E-state index contributed by atoms with van der Waals surface area (Å²) < 4.78 is 10.7. The van der Waals surface area contributed by atoms with Crippen molar-refractivity contribution >= 4 is 59.9 Å². The summed E-state index contributed by atoms with van der Waals surface area (Å²) in [7, 11) is 1.28. The summed E-state index contributed by atoms with van der Waals surface area (Å²) in [5.41, 5.74) is 8.90. The lowest BCUT2D eigenvalue weighted by molar-refractivity contribution is -0.144. The molecule has 1 fully saturated rings. The van der Waals surface area contributed by atoms with Gasteiger partial charge < -0.3 is 34.8 Å². The second-order valence-electron chi connectivity index (χ2n) is 13.3. The summed E-state index contributed by atoms with van der Waals surface area (Å²) in [6, 6.07) is 0. The Morgan fingerprint density at radius 1 is 1.00 bits per heavy atom. The largest absolute Gasteiger partial charge is 0.515 e. The number of hydrogen-bond donors (Lipinski definition) is 5. The van der Waals surface area contributed by atoms with Crippen molar-refractivity contribution in [2.24, 2.45) is 17.8 Å². The molecule has 50 heavy (non-hydrogen) atoms. The van der Waals surface area contributed by atoms with Crippen molar-refractivity contribution in [2.75, 3.05) is 13.7 Å². The molecule has 0 aromatic carbocycles. The van der Waals surface area contributed by atoms with E-state index < -0.39 is 11.9 Å². The molecule has 8 bridgehead atoms. The van der Waals surface area contributed by atoms with E-state index in [0.717, 1.165) is 50.6 Å².